The second-order valence-electron chi connectivity index (χ2n) is 4.60. The molecule has 100 valence electrons. The molecule has 3 nitrogen and oxygen atoms in total. The average molecular weight is 268 g/mol. The second kappa shape index (κ2) is 7.44. The molecule has 0 heterocycles. The molecule has 0 fully saturated rings. The Kier molecular flexibility index (Phi) is 6.22. The van der Waals surface area contributed by atoms with E-state index in [1.807, 2.05) is 19.1 Å². The topological polar surface area (TPSA) is 35.5 Å². The molecule has 0 aliphatic heterocycles. The number of benzene rings is 1. The van der Waals surface area contributed by atoms with Gasteiger partial charge in [0.15, 0.2) is 0 Å². The maximum Gasteiger partial charge on any atom is 0.338 e. The molecule has 0 aliphatic carbocycles. The zero-order chi connectivity index (χ0) is 13.5. The Hall–Kier alpha value is -1.00. The first-order chi connectivity index (χ1) is 8.50. The van der Waals surface area contributed by atoms with Crippen LogP contribution in [0.3, 0.4) is 0 Å². The fraction of sp³-hybridized carbons (Fsp3) is 0.500. The lowest BCUT2D eigenvalue weighted by Crippen LogP contribution is -2.13. The van der Waals surface area contributed by atoms with Crippen molar-refractivity contribution in [2.75, 3.05) is 19.8 Å². The number of hydrogen-bond donors (Lipinski definition) is 1. The van der Waals surface area contributed by atoms with Crippen LogP contribution in [0, 0.1) is 12.8 Å². The van der Waals surface area contributed by atoms with Crippen LogP contribution in [0.4, 0.5) is 0 Å². The average Bonchev–Trinajstić information content (AvgIpc) is 2.31. The highest BCUT2D eigenvalue weighted by Gasteiger charge is 2.10. The molecule has 0 saturated carbocycles. The van der Waals surface area contributed by atoms with Crippen molar-refractivity contribution in [2.24, 2.45) is 5.92 Å². The van der Waals surface area contributed by atoms with E-state index in [0.29, 0.717) is 24.7 Å². The number of esters is 1. The van der Waals surface area contributed by atoms with Crippen LogP contribution in [0.1, 0.15) is 29.8 Å². The van der Waals surface area contributed by atoms with Gasteiger partial charge in [-0.05, 0) is 30.5 Å². The monoisotopic (exact) mass is 268 g/mol. The lowest BCUT2D eigenvalue weighted by atomic mass is 10.1. The third kappa shape index (κ3) is 5.10. The Labute approximate surface area is 114 Å². The van der Waals surface area contributed by atoms with Crippen LogP contribution in [0.15, 0.2) is 23.1 Å². The van der Waals surface area contributed by atoms with E-state index in [-0.39, 0.29) is 12.6 Å². The highest BCUT2D eigenvalue weighted by Crippen LogP contribution is 2.14. The lowest BCUT2D eigenvalue weighted by Gasteiger charge is -2.09. The van der Waals surface area contributed by atoms with Crippen molar-refractivity contribution in [3.63, 3.8) is 0 Å². The van der Waals surface area contributed by atoms with Gasteiger partial charge in [-0.25, -0.2) is 4.79 Å². The Morgan fingerprint density at radius 2 is 2.06 bits per heavy atom. The van der Waals surface area contributed by atoms with Gasteiger partial charge >= 0.3 is 5.97 Å². The maximum atomic E-state index is 11.8. The van der Waals surface area contributed by atoms with E-state index in [4.69, 9.17) is 9.47 Å². The van der Waals surface area contributed by atoms with Gasteiger partial charge in [0.05, 0.1) is 12.2 Å². The highest BCUT2D eigenvalue weighted by atomic mass is 32.1. The van der Waals surface area contributed by atoms with Crippen LogP contribution in [-0.4, -0.2) is 25.8 Å². The Morgan fingerprint density at radius 1 is 1.33 bits per heavy atom. The second-order valence-corrected chi connectivity index (χ2v) is 5.12. The molecule has 0 amide bonds. The molecule has 0 N–H and O–H groups in total. The first-order valence-corrected chi connectivity index (χ1v) is 6.50. The summed E-state index contributed by atoms with van der Waals surface area (Å²) in [5.74, 6) is 0.167. The minimum Gasteiger partial charge on any atom is -0.460 e. The van der Waals surface area contributed by atoms with Crippen molar-refractivity contribution < 1.29 is 14.3 Å². The van der Waals surface area contributed by atoms with E-state index in [2.05, 4.69) is 26.5 Å². The number of ether oxygens (including phenoxy) is 2. The van der Waals surface area contributed by atoms with E-state index in [9.17, 15) is 4.79 Å². The summed E-state index contributed by atoms with van der Waals surface area (Å²) in [6.45, 7) is 7.42. The molecular weight excluding hydrogens is 248 g/mol. The number of hydrogen-bond acceptors (Lipinski definition) is 4. The number of thiol groups is 1. The van der Waals surface area contributed by atoms with Crippen LogP contribution in [0.2, 0.25) is 0 Å². The molecule has 1 rings (SSSR count). The molecule has 0 unspecified atom stereocenters. The van der Waals surface area contributed by atoms with Gasteiger partial charge in [0, 0.05) is 11.5 Å². The first-order valence-electron chi connectivity index (χ1n) is 6.05. The van der Waals surface area contributed by atoms with Crippen LogP contribution in [0.25, 0.3) is 0 Å². The molecule has 0 spiro atoms. The molecule has 0 aliphatic rings. The summed E-state index contributed by atoms with van der Waals surface area (Å²) in [6.07, 6.45) is 0. The van der Waals surface area contributed by atoms with Crippen molar-refractivity contribution in [3.8, 4) is 0 Å². The van der Waals surface area contributed by atoms with Crippen molar-refractivity contribution in [1.29, 1.82) is 0 Å². The van der Waals surface area contributed by atoms with Crippen LogP contribution in [-0.2, 0) is 9.47 Å². The summed E-state index contributed by atoms with van der Waals surface area (Å²) < 4.78 is 10.5. The summed E-state index contributed by atoms with van der Waals surface area (Å²) in [4.78, 5) is 12.6. The number of carbonyl (C=O) groups is 1. The maximum absolute atomic E-state index is 11.8. The van der Waals surface area contributed by atoms with Gasteiger partial charge in [0.1, 0.15) is 6.61 Å². The van der Waals surface area contributed by atoms with Gasteiger partial charge in [-0.15, -0.1) is 12.6 Å². The van der Waals surface area contributed by atoms with Gasteiger partial charge < -0.3 is 9.47 Å². The van der Waals surface area contributed by atoms with Crippen LogP contribution in [0.5, 0.6) is 0 Å². The highest BCUT2D eigenvalue weighted by molar-refractivity contribution is 7.80. The van der Waals surface area contributed by atoms with Crippen LogP contribution < -0.4 is 0 Å². The predicted octanol–water partition coefficient (Wildman–Crippen LogP) is 3.11. The van der Waals surface area contributed by atoms with E-state index in [1.165, 1.54) is 0 Å². The minimum atomic E-state index is -0.323. The fourth-order valence-corrected chi connectivity index (χ4v) is 1.62. The molecule has 0 saturated heterocycles. The summed E-state index contributed by atoms with van der Waals surface area (Å²) >= 11 is 4.21. The van der Waals surface area contributed by atoms with Gasteiger partial charge in [-0.3, -0.25) is 0 Å². The summed E-state index contributed by atoms with van der Waals surface area (Å²) in [7, 11) is 0. The van der Waals surface area contributed by atoms with E-state index < -0.39 is 0 Å². The Morgan fingerprint density at radius 3 is 2.72 bits per heavy atom. The lowest BCUT2D eigenvalue weighted by molar-refractivity contribution is 0.0277. The van der Waals surface area contributed by atoms with E-state index >= 15 is 0 Å². The molecule has 1 aromatic carbocycles. The zero-order valence-electron chi connectivity index (χ0n) is 11.1. The molecule has 0 aromatic heterocycles. The fourth-order valence-electron chi connectivity index (χ4n) is 1.42. The quantitative estimate of drug-likeness (QED) is 0.489. The SMILES string of the molecule is Cc1ccc(S)cc1C(=O)OCCOCC(C)C. The molecule has 0 atom stereocenters. The minimum absolute atomic E-state index is 0.280. The van der Waals surface area contributed by atoms with Gasteiger partial charge in [0.2, 0.25) is 0 Å². The third-order valence-corrected chi connectivity index (χ3v) is 2.63. The molecule has 1 aromatic rings. The molecule has 0 radical (unpaired) electrons. The van der Waals surface area contributed by atoms with Crippen molar-refractivity contribution in [3.05, 3.63) is 29.3 Å². The molecule has 4 heteroatoms. The van der Waals surface area contributed by atoms with Gasteiger partial charge in [-0.1, -0.05) is 19.9 Å². The van der Waals surface area contributed by atoms with E-state index in [0.717, 1.165) is 10.5 Å². The van der Waals surface area contributed by atoms with Gasteiger partial charge in [-0.2, -0.15) is 0 Å². The standard InChI is InChI=1S/C14H20O3S/c1-10(2)9-16-6-7-17-14(15)13-8-12(18)5-4-11(13)3/h4-5,8,10,18H,6-7,9H2,1-3H3. The Balaban J connectivity index is 2.39. The number of aryl methyl sites for hydroxylation is 1. The van der Waals surface area contributed by atoms with Crippen LogP contribution >= 0.6 is 12.6 Å². The van der Waals surface area contributed by atoms with E-state index in [1.54, 1.807) is 6.07 Å². The summed E-state index contributed by atoms with van der Waals surface area (Å²) in [6, 6.07) is 5.42. The van der Waals surface area contributed by atoms with Crippen molar-refractivity contribution in [2.45, 2.75) is 25.7 Å². The molecular formula is C14H20O3S. The zero-order valence-corrected chi connectivity index (χ0v) is 12.0. The summed E-state index contributed by atoms with van der Waals surface area (Å²) in [5, 5.41) is 0. The molecule has 18 heavy (non-hydrogen) atoms. The number of carbonyl (C=O) groups excluding carboxylic acids is 1. The smallest absolute Gasteiger partial charge is 0.338 e. The Bertz CT molecular complexity index is 402. The summed E-state index contributed by atoms with van der Waals surface area (Å²) in [5.41, 5.74) is 1.45. The third-order valence-electron chi connectivity index (χ3n) is 2.35. The normalized spacial score (nSPS) is 10.7. The predicted molar refractivity (Wildman–Crippen MR) is 74.4 cm³/mol. The van der Waals surface area contributed by atoms with Crippen molar-refractivity contribution >= 4 is 18.6 Å². The van der Waals surface area contributed by atoms with Crippen molar-refractivity contribution in [1.82, 2.24) is 0 Å². The van der Waals surface area contributed by atoms with Gasteiger partial charge in [0.25, 0.3) is 0 Å². The largest absolute Gasteiger partial charge is 0.460 e. The molecule has 0 bridgehead atoms. The first kappa shape index (κ1) is 15.1. The number of rotatable bonds is 6.